The molecule has 9 heteroatoms. The summed E-state index contributed by atoms with van der Waals surface area (Å²) < 4.78 is 11.1. The molecule has 3 aromatic rings. The lowest BCUT2D eigenvalue weighted by Crippen LogP contribution is -2.41. The smallest absolute Gasteiger partial charge is 0.220 e. The molecule has 2 saturated heterocycles. The van der Waals surface area contributed by atoms with Crippen molar-refractivity contribution in [2.75, 3.05) is 38.3 Å². The van der Waals surface area contributed by atoms with E-state index in [0.29, 0.717) is 13.0 Å². The first-order valence-corrected chi connectivity index (χ1v) is 11.0. The molecule has 1 unspecified atom stereocenters. The van der Waals surface area contributed by atoms with Gasteiger partial charge in [0.15, 0.2) is 0 Å². The summed E-state index contributed by atoms with van der Waals surface area (Å²) in [6.07, 6.45) is 4.15. The van der Waals surface area contributed by atoms with E-state index in [1.165, 1.54) is 0 Å². The topological polar surface area (TPSA) is 105 Å². The Hall–Kier alpha value is -3.20. The van der Waals surface area contributed by atoms with Gasteiger partial charge in [0.25, 0.3) is 0 Å². The highest BCUT2D eigenvalue weighted by atomic mass is 16.5. The summed E-state index contributed by atoms with van der Waals surface area (Å²) in [5.74, 6) is 1.83. The first-order valence-electron chi connectivity index (χ1n) is 11.0. The van der Waals surface area contributed by atoms with Crippen molar-refractivity contribution >= 4 is 22.6 Å². The molecule has 168 valence electrons. The van der Waals surface area contributed by atoms with E-state index in [1.807, 2.05) is 31.2 Å². The number of aromatic nitrogens is 4. The fraction of sp³-hybridized carbons (Fsp3) is 0.478. The molecule has 2 N–H and O–H groups in total. The number of fused-ring (bicyclic) bond motifs is 1. The van der Waals surface area contributed by atoms with Gasteiger partial charge in [-0.1, -0.05) is 0 Å². The Morgan fingerprint density at radius 3 is 2.81 bits per heavy atom. The minimum absolute atomic E-state index is 0.0498. The van der Waals surface area contributed by atoms with Crippen LogP contribution in [0.25, 0.3) is 22.3 Å². The van der Waals surface area contributed by atoms with Gasteiger partial charge in [-0.15, -0.1) is 0 Å². The predicted octanol–water partition coefficient (Wildman–Crippen LogP) is 2.54. The molecule has 32 heavy (non-hydrogen) atoms. The zero-order valence-electron chi connectivity index (χ0n) is 18.4. The first kappa shape index (κ1) is 20.7. The summed E-state index contributed by atoms with van der Waals surface area (Å²) in [6, 6.07) is 7.86. The maximum Gasteiger partial charge on any atom is 0.220 e. The summed E-state index contributed by atoms with van der Waals surface area (Å²) in [4.78, 5) is 23.0. The molecule has 5 rings (SSSR count). The number of methoxy groups -OCH3 is 1. The van der Waals surface area contributed by atoms with Gasteiger partial charge < -0.3 is 19.7 Å². The van der Waals surface area contributed by atoms with E-state index in [-0.39, 0.29) is 17.4 Å². The van der Waals surface area contributed by atoms with Gasteiger partial charge in [-0.05, 0) is 43.4 Å². The number of hydrogen-bond acceptors (Lipinski definition) is 7. The summed E-state index contributed by atoms with van der Waals surface area (Å²) in [6.45, 7) is 5.04. The van der Waals surface area contributed by atoms with Crippen LogP contribution in [0.5, 0.6) is 5.75 Å². The van der Waals surface area contributed by atoms with Crippen molar-refractivity contribution in [1.82, 2.24) is 25.5 Å². The molecular weight excluding hydrogens is 408 g/mol. The zero-order chi connectivity index (χ0) is 22.1. The van der Waals surface area contributed by atoms with Crippen LogP contribution in [-0.4, -0.2) is 65.5 Å². The van der Waals surface area contributed by atoms with Gasteiger partial charge in [-0.25, -0.2) is 9.97 Å². The quantitative estimate of drug-likeness (QED) is 0.612. The molecule has 2 fully saturated rings. The second-order valence-corrected chi connectivity index (χ2v) is 8.87. The lowest BCUT2D eigenvalue weighted by atomic mass is 9.77. The summed E-state index contributed by atoms with van der Waals surface area (Å²) in [5.41, 5.74) is 2.57. The Balaban J connectivity index is 1.37. The summed E-state index contributed by atoms with van der Waals surface area (Å²) in [7, 11) is 1.66. The molecule has 4 heterocycles. The lowest BCUT2D eigenvalue weighted by molar-refractivity contribution is -0.119. The van der Waals surface area contributed by atoms with Gasteiger partial charge in [0.2, 0.25) is 5.91 Å². The highest BCUT2D eigenvalue weighted by Gasteiger charge is 2.41. The van der Waals surface area contributed by atoms with Crippen LogP contribution in [0.3, 0.4) is 0 Å². The van der Waals surface area contributed by atoms with E-state index in [1.54, 1.807) is 13.4 Å². The number of carbonyl (C=O) groups is 1. The molecule has 1 atom stereocenters. The Morgan fingerprint density at radius 1 is 1.22 bits per heavy atom. The van der Waals surface area contributed by atoms with Crippen LogP contribution >= 0.6 is 0 Å². The van der Waals surface area contributed by atoms with Crippen molar-refractivity contribution in [1.29, 1.82) is 0 Å². The van der Waals surface area contributed by atoms with E-state index >= 15 is 0 Å². The van der Waals surface area contributed by atoms with E-state index < -0.39 is 0 Å². The highest BCUT2D eigenvalue weighted by Crippen LogP contribution is 2.39. The molecule has 2 aliphatic rings. The van der Waals surface area contributed by atoms with Crippen LogP contribution < -0.4 is 15.0 Å². The summed E-state index contributed by atoms with van der Waals surface area (Å²) >= 11 is 0. The Morgan fingerprint density at radius 2 is 2.06 bits per heavy atom. The molecule has 0 bridgehead atoms. The van der Waals surface area contributed by atoms with Gasteiger partial charge >= 0.3 is 0 Å². The van der Waals surface area contributed by atoms with Crippen molar-refractivity contribution in [3.63, 3.8) is 0 Å². The molecule has 2 aromatic heterocycles. The molecule has 0 radical (unpaired) electrons. The van der Waals surface area contributed by atoms with Crippen LogP contribution in [0.4, 0.5) is 5.82 Å². The number of rotatable bonds is 6. The molecule has 1 spiro atoms. The van der Waals surface area contributed by atoms with Crippen LogP contribution in [0.1, 0.15) is 26.2 Å². The minimum atomic E-state index is -0.0498. The third kappa shape index (κ3) is 4.00. The second kappa shape index (κ2) is 8.38. The number of carbonyl (C=O) groups excluding carboxylic acids is 1. The standard InChI is InChI=1S/C23H28N6O3/c1-15(12-31-2)32-16-3-4-18-17(9-16)22(28-27-18)19-10-20(26-14-25-19)29-7-5-23(6-8-29)11-21(30)24-13-23/h3-4,9-10,14-15H,5-8,11-13H2,1-2H3,(H,24,30)(H,27,28). The van der Waals surface area contributed by atoms with Gasteiger partial charge in [-0.2, -0.15) is 5.10 Å². The average Bonchev–Trinajstić information content (AvgIpc) is 3.38. The largest absolute Gasteiger partial charge is 0.488 e. The van der Waals surface area contributed by atoms with Crippen molar-refractivity contribution in [2.24, 2.45) is 5.41 Å². The molecule has 0 saturated carbocycles. The number of anilines is 1. The molecule has 1 amide bonds. The number of nitrogens with zero attached hydrogens (tertiary/aromatic N) is 4. The normalized spacial score (nSPS) is 18.8. The summed E-state index contributed by atoms with van der Waals surface area (Å²) in [5, 5.41) is 11.5. The van der Waals surface area contributed by atoms with Crippen LogP contribution in [0.2, 0.25) is 0 Å². The number of ether oxygens (including phenoxy) is 2. The van der Waals surface area contributed by atoms with Gasteiger partial charge in [0, 0.05) is 44.6 Å². The number of nitrogens with one attached hydrogen (secondary N) is 2. The molecule has 0 aliphatic carbocycles. The number of aromatic amines is 1. The van der Waals surface area contributed by atoms with Crippen LogP contribution in [0, 0.1) is 5.41 Å². The SMILES string of the molecule is COCC(C)Oc1ccc2[nH]nc(-c3cc(N4CCC5(CC4)CNC(=O)C5)ncn3)c2c1. The third-order valence-corrected chi connectivity index (χ3v) is 6.51. The molecular formula is C23H28N6O3. The van der Waals surface area contributed by atoms with Crippen molar-refractivity contribution in [3.05, 3.63) is 30.6 Å². The number of benzene rings is 1. The minimum Gasteiger partial charge on any atom is -0.488 e. The number of piperidine rings is 1. The maximum atomic E-state index is 11.7. The fourth-order valence-corrected chi connectivity index (χ4v) is 4.73. The van der Waals surface area contributed by atoms with Crippen molar-refractivity contribution < 1.29 is 14.3 Å². The van der Waals surface area contributed by atoms with Crippen molar-refractivity contribution in [3.8, 4) is 17.1 Å². The predicted molar refractivity (Wildman–Crippen MR) is 121 cm³/mol. The fourth-order valence-electron chi connectivity index (χ4n) is 4.73. The lowest BCUT2D eigenvalue weighted by Gasteiger charge is -2.38. The maximum absolute atomic E-state index is 11.7. The van der Waals surface area contributed by atoms with E-state index in [0.717, 1.165) is 66.3 Å². The number of hydrogen-bond donors (Lipinski definition) is 2. The highest BCUT2D eigenvalue weighted by molar-refractivity contribution is 5.93. The third-order valence-electron chi connectivity index (χ3n) is 6.51. The Kier molecular flexibility index (Phi) is 5.42. The first-order chi connectivity index (χ1) is 15.5. The molecule has 1 aromatic carbocycles. The Bertz CT molecular complexity index is 1120. The van der Waals surface area contributed by atoms with Gasteiger partial charge in [-0.3, -0.25) is 9.89 Å². The van der Waals surface area contributed by atoms with Gasteiger partial charge in [0.05, 0.1) is 17.8 Å². The molecule has 9 nitrogen and oxygen atoms in total. The second-order valence-electron chi connectivity index (χ2n) is 8.87. The van der Waals surface area contributed by atoms with E-state index in [4.69, 9.17) is 9.47 Å². The number of H-pyrrole nitrogens is 1. The number of amides is 1. The van der Waals surface area contributed by atoms with Crippen LogP contribution in [0.15, 0.2) is 30.6 Å². The van der Waals surface area contributed by atoms with Gasteiger partial charge in [0.1, 0.15) is 29.7 Å². The zero-order valence-corrected chi connectivity index (χ0v) is 18.4. The average molecular weight is 437 g/mol. The molecule has 2 aliphatic heterocycles. The Labute approximate surface area is 186 Å². The van der Waals surface area contributed by atoms with E-state index in [9.17, 15) is 4.79 Å². The van der Waals surface area contributed by atoms with E-state index in [2.05, 4.69) is 30.4 Å². The van der Waals surface area contributed by atoms with Crippen LogP contribution in [-0.2, 0) is 9.53 Å². The van der Waals surface area contributed by atoms with Crippen molar-refractivity contribution in [2.45, 2.75) is 32.3 Å². The monoisotopic (exact) mass is 436 g/mol.